The Kier molecular flexibility index (Phi) is 3.40. The van der Waals surface area contributed by atoms with Crippen LogP contribution in [0.25, 0.3) is 11.1 Å². The molecule has 0 N–H and O–H groups in total. The Bertz CT molecular complexity index is 447. The van der Waals surface area contributed by atoms with Gasteiger partial charge in [0, 0.05) is 0 Å². The van der Waals surface area contributed by atoms with Gasteiger partial charge in [-0.15, -0.1) is 6.58 Å². The van der Waals surface area contributed by atoms with Crippen LogP contribution in [0.3, 0.4) is 0 Å². The van der Waals surface area contributed by atoms with Crippen LogP contribution in [0.5, 0.6) is 0 Å². The van der Waals surface area contributed by atoms with Gasteiger partial charge < -0.3 is 0 Å². The van der Waals surface area contributed by atoms with E-state index in [-0.39, 0.29) is 0 Å². The van der Waals surface area contributed by atoms with Crippen LogP contribution in [0.1, 0.15) is 37.3 Å². The van der Waals surface area contributed by atoms with Gasteiger partial charge in [0.15, 0.2) is 0 Å². The van der Waals surface area contributed by atoms with E-state index in [1.807, 2.05) is 6.08 Å². The Labute approximate surface area is 98.0 Å². The lowest BCUT2D eigenvalue weighted by molar-refractivity contribution is 1.08. The van der Waals surface area contributed by atoms with Crippen LogP contribution in [0.15, 0.2) is 49.1 Å². The quantitative estimate of drug-likeness (QED) is 0.623. The molecule has 0 saturated heterocycles. The molecule has 0 saturated carbocycles. The SMILES string of the molecule is C=CCCC1=CC(=CCC)c2ccccc21. The zero-order valence-corrected chi connectivity index (χ0v) is 9.87. The second-order valence-corrected chi connectivity index (χ2v) is 4.11. The first-order valence-corrected chi connectivity index (χ1v) is 5.98. The molecule has 0 fully saturated rings. The van der Waals surface area contributed by atoms with Crippen molar-refractivity contribution in [1.82, 2.24) is 0 Å². The largest absolute Gasteiger partial charge is 0.103 e. The monoisotopic (exact) mass is 210 g/mol. The molecule has 0 bridgehead atoms. The van der Waals surface area contributed by atoms with Crippen LogP contribution in [-0.2, 0) is 0 Å². The molecule has 1 aliphatic carbocycles. The highest BCUT2D eigenvalue weighted by atomic mass is 14.2. The van der Waals surface area contributed by atoms with Gasteiger partial charge in [0.1, 0.15) is 0 Å². The van der Waals surface area contributed by atoms with E-state index in [0.717, 1.165) is 19.3 Å². The number of allylic oxidation sites excluding steroid dienone is 5. The fraction of sp³-hybridized carbons (Fsp3) is 0.250. The standard InChI is InChI=1S/C16H18/c1-3-5-9-14-12-13(8-4-2)15-10-6-7-11-16(14)15/h3,6-8,10-12H,1,4-5,9H2,2H3. The molecule has 2 rings (SSSR count). The van der Waals surface area contributed by atoms with Crippen molar-refractivity contribution in [3.8, 4) is 0 Å². The molecule has 0 radical (unpaired) electrons. The van der Waals surface area contributed by atoms with Crippen LogP contribution in [-0.4, -0.2) is 0 Å². The number of hydrogen-bond donors (Lipinski definition) is 0. The maximum atomic E-state index is 3.79. The third kappa shape index (κ3) is 2.01. The molecular formula is C16H18. The van der Waals surface area contributed by atoms with Gasteiger partial charge in [-0.25, -0.2) is 0 Å². The van der Waals surface area contributed by atoms with Gasteiger partial charge >= 0.3 is 0 Å². The smallest absolute Gasteiger partial charge is 0.0112 e. The molecule has 1 aromatic rings. The first kappa shape index (κ1) is 10.9. The van der Waals surface area contributed by atoms with E-state index in [9.17, 15) is 0 Å². The third-order valence-electron chi connectivity index (χ3n) is 2.96. The minimum Gasteiger partial charge on any atom is -0.103 e. The van der Waals surface area contributed by atoms with E-state index in [1.54, 1.807) is 0 Å². The van der Waals surface area contributed by atoms with Crippen LogP contribution in [0, 0.1) is 0 Å². The van der Waals surface area contributed by atoms with Gasteiger partial charge in [-0.05, 0) is 41.5 Å². The molecule has 0 heteroatoms. The zero-order chi connectivity index (χ0) is 11.4. The van der Waals surface area contributed by atoms with Gasteiger partial charge in [0.05, 0.1) is 0 Å². The predicted molar refractivity (Wildman–Crippen MR) is 72.1 cm³/mol. The van der Waals surface area contributed by atoms with Gasteiger partial charge in [0.25, 0.3) is 0 Å². The van der Waals surface area contributed by atoms with Crippen LogP contribution >= 0.6 is 0 Å². The van der Waals surface area contributed by atoms with Crippen molar-refractivity contribution in [2.24, 2.45) is 0 Å². The summed E-state index contributed by atoms with van der Waals surface area (Å²) in [4.78, 5) is 0. The highest BCUT2D eigenvalue weighted by Crippen LogP contribution is 2.37. The zero-order valence-electron chi connectivity index (χ0n) is 9.87. The van der Waals surface area contributed by atoms with Crippen molar-refractivity contribution in [2.45, 2.75) is 26.2 Å². The van der Waals surface area contributed by atoms with Crippen molar-refractivity contribution in [3.63, 3.8) is 0 Å². The van der Waals surface area contributed by atoms with Gasteiger partial charge in [-0.2, -0.15) is 0 Å². The highest BCUT2D eigenvalue weighted by Gasteiger charge is 2.16. The van der Waals surface area contributed by atoms with Gasteiger partial charge in [-0.1, -0.05) is 49.4 Å². The summed E-state index contributed by atoms with van der Waals surface area (Å²) < 4.78 is 0. The summed E-state index contributed by atoms with van der Waals surface area (Å²) in [7, 11) is 0. The Morgan fingerprint density at radius 1 is 1.19 bits per heavy atom. The molecule has 82 valence electrons. The molecule has 1 aromatic carbocycles. The van der Waals surface area contributed by atoms with Gasteiger partial charge in [0.2, 0.25) is 0 Å². The average Bonchev–Trinajstić information content (AvgIpc) is 2.66. The molecule has 1 aliphatic rings. The Hall–Kier alpha value is -1.56. The van der Waals surface area contributed by atoms with E-state index in [2.05, 4.69) is 49.9 Å². The third-order valence-corrected chi connectivity index (χ3v) is 2.96. The van der Waals surface area contributed by atoms with Crippen LogP contribution in [0.2, 0.25) is 0 Å². The summed E-state index contributed by atoms with van der Waals surface area (Å²) in [5.41, 5.74) is 5.64. The molecule has 0 unspecified atom stereocenters. The van der Waals surface area contributed by atoms with Gasteiger partial charge in [-0.3, -0.25) is 0 Å². The van der Waals surface area contributed by atoms with E-state index in [1.165, 1.54) is 22.3 Å². The lowest BCUT2D eigenvalue weighted by Crippen LogP contribution is -1.83. The lowest BCUT2D eigenvalue weighted by atomic mass is 10.0. The summed E-state index contributed by atoms with van der Waals surface area (Å²) in [6.45, 7) is 5.98. The average molecular weight is 210 g/mol. The number of rotatable bonds is 4. The molecule has 0 aliphatic heterocycles. The van der Waals surface area contributed by atoms with Crippen LogP contribution in [0.4, 0.5) is 0 Å². The number of hydrogen-bond acceptors (Lipinski definition) is 0. The van der Waals surface area contributed by atoms with Crippen molar-refractivity contribution in [1.29, 1.82) is 0 Å². The Balaban J connectivity index is 2.37. The molecular weight excluding hydrogens is 192 g/mol. The Morgan fingerprint density at radius 2 is 1.94 bits per heavy atom. The summed E-state index contributed by atoms with van der Waals surface area (Å²) in [6, 6.07) is 8.68. The summed E-state index contributed by atoms with van der Waals surface area (Å²) in [6.07, 6.45) is 9.87. The molecule has 0 amide bonds. The molecule has 16 heavy (non-hydrogen) atoms. The fourth-order valence-electron chi connectivity index (χ4n) is 2.21. The van der Waals surface area contributed by atoms with Crippen molar-refractivity contribution < 1.29 is 0 Å². The topological polar surface area (TPSA) is 0 Å². The normalized spacial score (nSPS) is 16.1. The lowest BCUT2D eigenvalue weighted by Gasteiger charge is -2.03. The van der Waals surface area contributed by atoms with E-state index >= 15 is 0 Å². The molecule has 0 nitrogen and oxygen atoms in total. The van der Waals surface area contributed by atoms with Crippen molar-refractivity contribution >= 4 is 11.1 Å². The Morgan fingerprint density at radius 3 is 2.62 bits per heavy atom. The first-order valence-electron chi connectivity index (χ1n) is 5.98. The van der Waals surface area contributed by atoms with E-state index in [4.69, 9.17) is 0 Å². The minimum atomic E-state index is 1.06. The summed E-state index contributed by atoms with van der Waals surface area (Å²) >= 11 is 0. The first-order chi connectivity index (χ1) is 7.86. The van der Waals surface area contributed by atoms with E-state index in [0.29, 0.717) is 0 Å². The number of benzene rings is 1. The maximum Gasteiger partial charge on any atom is -0.0112 e. The summed E-state index contributed by atoms with van der Waals surface area (Å²) in [5.74, 6) is 0. The second kappa shape index (κ2) is 4.98. The minimum absolute atomic E-state index is 1.06. The maximum absolute atomic E-state index is 3.79. The summed E-state index contributed by atoms with van der Waals surface area (Å²) in [5, 5.41) is 0. The van der Waals surface area contributed by atoms with Crippen molar-refractivity contribution in [2.75, 3.05) is 0 Å². The molecule has 0 spiro atoms. The molecule has 0 heterocycles. The highest BCUT2D eigenvalue weighted by molar-refractivity contribution is 5.95. The van der Waals surface area contributed by atoms with Crippen molar-refractivity contribution in [3.05, 3.63) is 60.2 Å². The van der Waals surface area contributed by atoms with E-state index < -0.39 is 0 Å². The molecule has 0 atom stereocenters. The van der Waals surface area contributed by atoms with Crippen LogP contribution < -0.4 is 0 Å². The number of fused-ring (bicyclic) bond motifs is 1. The molecule has 0 aromatic heterocycles. The fourth-order valence-corrected chi connectivity index (χ4v) is 2.21. The predicted octanol–water partition coefficient (Wildman–Crippen LogP) is 4.84. The second-order valence-electron chi connectivity index (χ2n) is 4.11.